The number of carbonyl (C=O) groups is 1. The lowest BCUT2D eigenvalue weighted by Crippen LogP contribution is -2.29. The number of aromatic nitrogens is 2. The first kappa shape index (κ1) is 16.8. The van der Waals surface area contributed by atoms with Crippen molar-refractivity contribution in [2.75, 3.05) is 7.05 Å². The minimum atomic E-state index is -0.929. The molecule has 0 aliphatic rings. The lowest BCUT2D eigenvalue weighted by atomic mass is 10.1. The molecular formula is C19H17F2N3O. The smallest absolute Gasteiger partial charge is 0.257 e. The van der Waals surface area contributed by atoms with Crippen molar-refractivity contribution >= 4 is 5.91 Å². The van der Waals surface area contributed by atoms with Gasteiger partial charge in [-0.1, -0.05) is 24.3 Å². The Morgan fingerprint density at radius 2 is 1.84 bits per heavy atom. The highest BCUT2D eigenvalue weighted by Crippen LogP contribution is 2.22. The fourth-order valence-electron chi connectivity index (χ4n) is 2.53. The molecule has 0 bridgehead atoms. The number of rotatable bonds is 4. The van der Waals surface area contributed by atoms with Crippen LogP contribution >= 0.6 is 0 Å². The lowest BCUT2D eigenvalue weighted by molar-refractivity contribution is 0.0742. The molecule has 1 atom stereocenters. The Morgan fingerprint density at radius 1 is 1.12 bits per heavy atom. The van der Waals surface area contributed by atoms with E-state index in [0.29, 0.717) is 11.1 Å². The van der Waals surface area contributed by atoms with Crippen LogP contribution in [-0.2, 0) is 0 Å². The molecule has 1 amide bonds. The van der Waals surface area contributed by atoms with Gasteiger partial charge in [-0.3, -0.25) is 4.79 Å². The summed E-state index contributed by atoms with van der Waals surface area (Å²) in [5, 5.41) is 4.21. The maximum atomic E-state index is 13.4. The second-order valence-electron chi connectivity index (χ2n) is 5.77. The van der Waals surface area contributed by atoms with E-state index in [4.69, 9.17) is 0 Å². The van der Waals surface area contributed by atoms with Gasteiger partial charge in [-0.25, -0.2) is 13.5 Å². The van der Waals surface area contributed by atoms with Gasteiger partial charge in [0.05, 0.1) is 23.5 Å². The van der Waals surface area contributed by atoms with E-state index < -0.39 is 17.7 Å². The van der Waals surface area contributed by atoms with Gasteiger partial charge >= 0.3 is 0 Å². The molecule has 1 heterocycles. The predicted molar refractivity (Wildman–Crippen MR) is 90.4 cm³/mol. The quantitative estimate of drug-likeness (QED) is 0.720. The Hall–Kier alpha value is -3.02. The fourth-order valence-corrected chi connectivity index (χ4v) is 2.53. The van der Waals surface area contributed by atoms with E-state index in [-0.39, 0.29) is 5.91 Å². The topological polar surface area (TPSA) is 38.1 Å². The summed E-state index contributed by atoms with van der Waals surface area (Å²) in [6.45, 7) is 1.76. The molecular weight excluding hydrogens is 324 g/mol. The molecule has 0 radical (unpaired) electrons. The van der Waals surface area contributed by atoms with Gasteiger partial charge in [-0.05, 0) is 36.8 Å². The van der Waals surface area contributed by atoms with E-state index >= 15 is 0 Å². The number of benzene rings is 2. The van der Waals surface area contributed by atoms with E-state index in [1.807, 2.05) is 30.3 Å². The van der Waals surface area contributed by atoms with Crippen molar-refractivity contribution in [2.45, 2.75) is 13.0 Å². The zero-order valence-corrected chi connectivity index (χ0v) is 13.9. The second kappa shape index (κ2) is 6.84. The number of nitrogens with zero attached hydrogens (tertiary/aromatic N) is 3. The largest absolute Gasteiger partial charge is 0.335 e. The Balaban J connectivity index is 1.80. The minimum Gasteiger partial charge on any atom is -0.335 e. The maximum Gasteiger partial charge on any atom is 0.257 e. The van der Waals surface area contributed by atoms with Crippen molar-refractivity contribution in [3.63, 3.8) is 0 Å². The summed E-state index contributed by atoms with van der Waals surface area (Å²) in [4.78, 5) is 14.1. The van der Waals surface area contributed by atoms with Gasteiger partial charge in [0.1, 0.15) is 0 Å². The van der Waals surface area contributed by atoms with E-state index in [1.165, 1.54) is 17.2 Å². The summed E-state index contributed by atoms with van der Waals surface area (Å²) in [6, 6.07) is 12.7. The highest BCUT2D eigenvalue weighted by atomic mass is 19.2. The number of halogens is 2. The van der Waals surface area contributed by atoms with Crippen LogP contribution in [0.1, 0.15) is 28.9 Å². The van der Waals surface area contributed by atoms with Gasteiger partial charge in [0.25, 0.3) is 5.91 Å². The molecule has 0 spiro atoms. The third-order valence-corrected chi connectivity index (χ3v) is 4.18. The summed E-state index contributed by atoms with van der Waals surface area (Å²) >= 11 is 0. The zero-order chi connectivity index (χ0) is 18.0. The van der Waals surface area contributed by atoms with Gasteiger partial charge < -0.3 is 4.90 Å². The van der Waals surface area contributed by atoms with Gasteiger partial charge in [0, 0.05) is 13.2 Å². The summed E-state index contributed by atoms with van der Waals surface area (Å²) in [6.07, 6.45) is 3.13. The molecule has 0 saturated heterocycles. The number of para-hydroxylation sites is 1. The SMILES string of the molecule is C[C@@H](c1ccc(F)c(F)c1)N(C)C(=O)c1cnn(-c2ccccc2)c1. The van der Waals surface area contributed by atoms with Gasteiger partial charge in [0.2, 0.25) is 0 Å². The van der Waals surface area contributed by atoms with E-state index in [1.54, 1.807) is 24.9 Å². The molecule has 3 aromatic rings. The Labute approximate surface area is 144 Å². The summed E-state index contributed by atoms with van der Waals surface area (Å²) in [5.41, 5.74) is 1.78. The molecule has 0 fully saturated rings. The number of hydrogen-bond acceptors (Lipinski definition) is 2. The second-order valence-corrected chi connectivity index (χ2v) is 5.77. The Bertz CT molecular complexity index is 893. The molecule has 0 aliphatic heterocycles. The third-order valence-electron chi connectivity index (χ3n) is 4.18. The van der Waals surface area contributed by atoms with Crippen molar-refractivity contribution < 1.29 is 13.6 Å². The van der Waals surface area contributed by atoms with Crippen LogP contribution in [0.2, 0.25) is 0 Å². The summed E-state index contributed by atoms with van der Waals surface area (Å²) in [5.74, 6) is -2.09. The van der Waals surface area contributed by atoms with E-state index in [0.717, 1.165) is 17.8 Å². The van der Waals surface area contributed by atoms with Crippen LogP contribution < -0.4 is 0 Å². The van der Waals surface area contributed by atoms with E-state index in [9.17, 15) is 13.6 Å². The van der Waals surface area contributed by atoms with Crippen LogP contribution in [0.25, 0.3) is 5.69 Å². The first-order valence-electron chi connectivity index (χ1n) is 7.79. The molecule has 128 valence electrons. The highest BCUT2D eigenvalue weighted by molar-refractivity contribution is 5.93. The molecule has 0 saturated carbocycles. The normalized spacial score (nSPS) is 12.0. The van der Waals surface area contributed by atoms with Crippen LogP contribution in [0, 0.1) is 11.6 Å². The Morgan fingerprint density at radius 3 is 2.52 bits per heavy atom. The van der Waals surface area contributed by atoms with Crippen molar-refractivity contribution in [3.05, 3.63) is 83.7 Å². The summed E-state index contributed by atoms with van der Waals surface area (Å²) < 4.78 is 28.1. The monoisotopic (exact) mass is 341 g/mol. The molecule has 2 aromatic carbocycles. The zero-order valence-electron chi connectivity index (χ0n) is 13.9. The standard InChI is InChI=1S/C19H17F2N3O/c1-13(14-8-9-17(20)18(21)10-14)23(2)19(25)15-11-22-24(12-15)16-6-4-3-5-7-16/h3-13H,1-2H3/t13-/m0/s1. The van der Waals surface area contributed by atoms with Gasteiger partial charge in [-0.2, -0.15) is 5.10 Å². The molecule has 0 N–H and O–H groups in total. The molecule has 25 heavy (non-hydrogen) atoms. The van der Waals surface area contributed by atoms with Crippen LogP contribution in [-0.4, -0.2) is 27.6 Å². The maximum absolute atomic E-state index is 13.4. The molecule has 0 aliphatic carbocycles. The number of carbonyl (C=O) groups excluding carboxylic acids is 1. The predicted octanol–water partition coefficient (Wildman–Crippen LogP) is 3.98. The van der Waals surface area contributed by atoms with Crippen molar-refractivity contribution in [2.24, 2.45) is 0 Å². The first-order valence-corrected chi connectivity index (χ1v) is 7.79. The average molecular weight is 341 g/mol. The van der Waals surface area contributed by atoms with Gasteiger partial charge in [-0.15, -0.1) is 0 Å². The fraction of sp³-hybridized carbons (Fsp3) is 0.158. The number of hydrogen-bond donors (Lipinski definition) is 0. The average Bonchev–Trinajstić information content (AvgIpc) is 3.13. The molecule has 6 heteroatoms. The number of amides is 1. The molecule has 3 rings (SSSR count). The van der Waals surface area contributed by atoms with Crippen molar-refractivity contribution in [3.8, 4) is 5.69 Å². The highest BCUT2D eigenvalue weighted by Gasteiger charge is 2.21. The molecule has 4 nitrogen and oxygen atoms in total. The lowest BCUT2D eigenvalue weighted by Gasteiger charge is -2.25. The van der Waals surface area contributed by atoms with Crippen LogP contribution in [0.4, 0.5) is 8.78 Å². The van der Waals surface area contributed by atoms with Gasteiger partial charge in [0.15, 0.2) is 11.6 Å². The van der Waals surface area contributed by atoms with Crippen LogP contribution in [0.3, 0.4) is 0 Å². The van der Waals surface area contributed by atoms with Crippen LogP contribution in [0.15, 0.2) is 60.9 Å². The van der Waals surface area contributed by atoms with Crippen molar-refractivity contribution in [1.29, 1.82) is 0 Å². The Kier molecular flexibility index (Phi) is 4.61. The first-order chi connectivity index (χ1) is 12.0. The van der Waals surface area contributed by atoms with E-state index in [2.05, 4.69) is 5.10 Å². The minimum absolute atomic E-state index is 0.251. The summed E-state index contributed by atoms with van der Waals surface area (Å²) in [7, 11) is 1.62. The molecule has 0 unspecified atom stereocenters. The van der Waals surface area contributed by atoms with Crippen molar-refractivity contribution in [1.82, 2.24) is 14.7 Å². The van der Waals surface area contributed by atoms with Crippen LogP contribution in [0.5, 0.6) is 0 Å². The molecule has 1 aromatic heterocycles. The third kappa shape index (κ3) is 3.42.